The molecule has 0 aliphatic rings. The number of Topliss-reactive ketones (excluding diaryl/α,β-unsaturated/α-hetero) is 1. The lowest BCUT2D eigenvalue weighted by Crippen LogP contribution is -2.13. The van der Waals surface area contributed by atoms with E-state index in [0.717, 1.165) is 27.3 Å². The second kappa shape index (κ2) is 6.12. The molecule has 0 saturated heterocycles. The number of hydrogen-bond acceptors (Lipinski definition) is 4. The molecule has 0 aromatic carbocycles. The maximum atomic E-state index is 11.8. The van der Waals surface area contributed by atoms with Crippen molar-refractivity contribution in [3.8, 4) is 10.4 Å². The Hall–Kier alpha value is -1.46. The minimum absolute atomic E-state index is 0.187. The van der Waals surface area contributed by atoms with Gasteiger partial charge in [-0.1, -0.05) is 6.92 Å². The first-order valence-electron chi connectivity index (χ1n) is 6.08. The van der Waals surface area contributed by atoms with Crippen LogP contribution in [-0.4, -0.2) is 11.7 Å². The minimum Gasteiger partial charge on any atom is -0.369 e. The van der Waals surface area contributed by atoms with E-state index in [-0.39, 0.29) is 18.1 Å². The minimum atomic E-state index is -0.336. The maximum Gasteiger partial charge on any atom is 0.221 e. The fraction of sp³-hybridized carbons (Fsp3) is 0.286. The van der Waals surface area contributed by atoms with Crippen molar-refractivity contribution < 1.29 is 9.59 Å². The zero-order valence-electron chi connectivity index (χ0n) is 10.6. The third-order valence-corrected chi connectivity index (χ3v) is 4.70. The molecule has 19 heavy (non-hydrogen) atoms. The van der Waals surface area contributed by atoms with Gasteiger partial charge in [0.1, 0.15) is 0 Å². The number of thiophene rings is 2. The fourth-order valence-electron chi connectivity index (χ4n) is 1.87. The highest BCUT2D eigenvalue weighted by Crippen LogP contribution is 2.33. The lowest BCUT2D eigenvalue weighted by Gasteiger charge is -1.98. The molecule has 0 fully saturated rings. The van der Waals surface area contributed by atoms with E-state index in [1.54, 1.807) is 11.3 Å². The van der Waals surface area contributed by atoms with E-state index < -0.39 is 0 Å². The van der Waals surface area contributed by atoms with E-state index in [9.17, 15) is 9.59 Å². The lowest BCUT2D eigenvalue weighted by molar-refractivity contribution is -0.117. The molecule has 0 aliphatic heterocycles. The Morgan fingerprint density at radius 2 is 2.11 bits per heavy atom. The monoisotopic (exact) mass is 293 g/mol. The van der Waals surface area contributed by atoms with Crippen LogP contribution in [0.5, 0.6) is 0 Å². The van der Waals surface area contributed by atoms with Gasteiger partial charge in [-0.05, 0) is 29.5 Å². The molecule has 0 saturated carbocycles. The van der Waals surface area contributed by atoms with Crippen LogP contribution in [0, 0.1) is 0 Å². The predicted octanol–water partition coefficient (Wildman–Crippen LogP) is 3.49. The number of ketones is 1. The van der Waals surface area contributed by atoms with Gasteiger partial charge in [0.2, 0.25) is 5.91 Å². The van der Waals surface area contributed by atoms with Gasteiger partial charge in [-0.15, -0.1) is 22.7 Å². The van der Waals surface area contributed by atoms with Crippen molar-refractivity contribution in [2.75, 3.05) is 0 Å². The number of carbonyl (C=O) groups excluding carboxylic acids is 2. The average Bonchev–Trinajstić information content (AvgIpc) is 2.96. The van der Waals surface area contributed by atoms with Crippen molar-refractivity contribution in [1.82, 2.24) is 0 Å². The molecule has 0 unspecified atom stereocenters. The Kier molecular flexibility index (Phi) is 4.50. The lowest BCUT2D eigenvalue weighted by atomic mass is 10.1. The molecule has 2 N–H and O–H groups in total. The largest absolute Gasteiger partial charge is 0.369 e. The summed E-state index contributed by atoms with van der Waals surface area (Å²) in [5.74, 6) is -0.149. The molecule has 0 aliphatic carbocycles. The molecule has 2 rings (SSSR count). The average molecular weight is 293 g/mol. The second-order valence-electron chi connectivity index (χ2n) is 4.29. The molecule has 2 heterocycles. The normalized spacial score (nSPS) is 10.6. The van der Waals surface area contributed by atoms with Gasteiger partial charge in [0.05, 0.1) is 11.3 Å². The smallest absolute Gasteiger partial charge is 0.221 e. The van der Waals surface area contributed by atoms with Crippen LogP contribution in [-0.2, 0) is 11.2 Å². The van der Waals surface area contributed by atoms with E-state index in [1.165, 1.54) is 11.3 Å². The highest BCUT2D eigenvalue weighted by atomic mass is 32.1. The molecule has 1 amide bonds. The number of nitrogens with two attached hydrogens (primary N) is 1. The van der Waals surface area contributed by atoms with Gasteiger partial charge in [0, 0.05) is 22.2 Å². The molecular weight excluding hydrogens is 278 g/mol. The molecule has 5 heteroatoms. The van der Waals surface area contributed by atoms with Crippen LogP contribution in [0.15, 0.2) is 22.9 Å². The summed E-state index contributed by atoms with van der Waals surface area (Å²) in [5.41, 5.74) is 7.18. The molecule has 2 aromatic rings. The Morgan fingerprint density at radius 3 is 2.79 bits per heavy atom. The second-order valence-corrected chi connectivity index (χ2v) is 6.12. The summed E-state index contributed by atoms with van der Waals surface area (Å²) in [4.78, 5) is 24.7. The summed E-state index contributed by atoms with van der Waals surface area (Å²) in [6.07, 6.45) is 1.68. The van der Waals surface area contributed by atoms with Crippen LogP contribution in [0.4, 0.5) is 0 Å². The Bertz CT molecular complexity index is 598. The standard InChI is InChI=1S/C14H15NO2S2/c1-2-3-11(16)12-6-10(8-19-12)14-9(4-5-18-14)7-13(15)17/h4-6,8H,2-3,7H2,1H3,(H2,15,17). The highest BCUT2D eigenvalue weighted by molar-refractivity contribution is 7.15. The van der Waals surface area contributed by atoms with Crippen LogP contribution in [0.3, 0.4) is 0 Å². The quantitative estimate of drug-likeness (QED) is 0.829. The van der Waals surface area contributed by atoms with Gasteiger partial charge in [0.15, 0.2) is 5.78 Å². The third kappa shape index (κ3) is 3.30. The maximum absolute atomic E-state index is 11.8. The van der Waals surface area contributed by atoms with Crippen molar-refractivity contribution in [3.05, 3.63) is 33.3 Å². The van der Waals surface area contributed by atoms with E-state index in [0.29, 0.717) is 6.42 Å². The van der Waals surface area contributed by atoms with Gasteiger partial charge in [-0.2, -0.15) is 0 Å². The summed E-state index contributed by atoms with van der Waals surface area (Å²) in [7, 11) is 0. The van der Waals surface area contributed by atoms with Gasteiger partial charge in [-0.25, -0.2) is 0 Å². The van der Waals surface area contributed by atoms with Crippen molar-refractivity contribution in [3.63, 3.8) is 0 Å². The molecule has 0 spiro atoms. The summed E-state index contributed by atoms with van der Waals surface area (Å²) in [5, 5.41) is 3.91. The summed E-state index contributed by atoms with van der Waals surface area (Å²) in [6, 6.07) is 3.83. The summed E-state index contributed by atoms with van der Waals surface area (Å²) < 4.78 is 0. The Morgan fingerprint density at radius 1 is 1.32 bits per heavy atom. The third-order valence-electron chi connectivity index (χ3n) is 2.72. The zero-order valence-corrected chi connectivity index (χ0v) is 12.3. The number of hydrogen-bond donors (Lipinski definition) is 1. The van der Waals surface area contributed by atoms with E-state index in [4.69, 9.17) is 5.73 Å². The number of carbonyl (C=O) groups is 2. The van der Waals surface area contributed by atoms with Crippen molar-refractivity contribution in [2.45, 2.75) is 26.2 Å². The fourth-order valence-corrected chi connectivity index (χ4v) is 3.72. The molecule has 0 radical (unpaired) electrons. The van der Waals surface area contributed by atoms with Crippen LogP contribution in [0.1, 0.15) is 35.0 Å². The molecule has 0 atom stereocenters. The van der Waals surface area contributed by atoms with Gasteiger partial charge >= 0.3 is 0 Å². The SMILES string of the molecule is CCCC(=O)c1cc(-c2sccc2CC(N)=O)cs1. The summed E-state index contributed by atoms with van der Waals surface area (Å²) >= 11 is 3.03. The first-order chi connectivity index (χ1) is 9.11. The van der Waals surface area contributed by atoms with Gasteiger partial charge in [-0.3, -0.25) is 9.59 Å². The van der Waals surface area contributed by atoms with Crippen molar-refractivity contribution >= 4 is 34.4 Å². The van der Waals surface area contributed by atoms with Crippen LogP contribution in [0.2, 0.25) is 0 Å². The number of rotatable bonds is 6. The van der Waals surface area contributed by atoms with Crippen LogP contribution < -0.4 is 5.73 Å². The first-order valence-corrected chi connectivity index (χ1v) is 7.84. The first kappa shape index (κ1) is 14.0. The van der Waals surface area contributed by atoms with Crippen molar-refractivity contribution in [2.24, 2.45) is 5.73 Å². The molecule has 2 aromatic heterocycles. The Balaban J connectivity index is 2.25. The molecule has 0 bridgehead atoms. The molecule has 3 nitrogen and oxygen atoms in total. The van der Waals surface area contributed by atoms with Crippen LogP contribution in [0.25, 0.3) is 10.4 Å². The highest BCUT2D eigenvalue weighted by Gasteiger charge is 2.13. The predicted molar refractivity (Wildman–Crippen MR) is 79.8 cm³/mol. The Labute approximate surface area is 120 Å². The van der Waals surface area contributed by atoms with Crippen molar-refractivity contribution in [1.29, 1.82) is 0 Å². The van der Waals surface area contributed by atoms with E-state index in [2.05, 4.69) is 0 Å². The topological polar surface area (TPSA) is 60.2 Å². The van der Waals surface area contributed by atoms with Gasteiger partial charge in [0.25, 0.3) is 0 Å². The summed E-state index contributed by atoms with van der Waals surface area (Å²) in [6.45, 7) is 2.00. The zero-order chi connectivity index (χ0) is 13.8. The molecule has 100 valence electrons. The number of primary amides is 1. The van der Waals surface area contributed by atoms with Gasteiger partial charge < -0.3 is 5.73 Å². The van der Waals surface area contributed by atoms with Crippen LogP contribution >= 0.6 is 22.7 Å². The van der Waals surface area contributed by atoms with E-state index >= 15 is 0 Å². The number of amides is 1. The van der Waals surface area contributed by atoms with E-state index in [1.807, 2.05) is 29.8 Å². The molecular formula is C14H15NO2S2.